The molecule has 0 N–H and O–H groups in total. The van der Waals surface area contributed by atoms with Crippen LogP contribution in [0.2, 0.25) is 0 Å². The summed E-state index contributed by atoms with van der Waals surface area (Å²) in [6.07, 6.45) is 2.06. The smallest absolute Gasteiger partial charge is 0.242 e. The fourth-order valence-corrected chi connectivity index (χ4v) is 2.52. The first-order valence-electron chi connectivity index (χ1n) is 5.51. The first-order chi connectivity index (χ1) is 7.56. The monoisotopic (exact) mass is 243 g/mol. The van der Waals surface area contributed by atoms with Crippen LogP contribution in [0.4, 0.5) is 0 Å². The molecule has 0 radical (unpaired) electrons. The average Bonchev–Trinajstić information content (AvgIpc) is 2.49. The van der Waals surface area contributed by atoms with Gasteiger partial charge >= 0.3 is 0 Å². The van der Waals surface area contributed by atoms with Crippen molar-refractivity contribution in [1.82, 2.24) is 4.90 Å². The van der Waals surface area contributed by atoms with Crippen LogP contribution in [0.15, 0.2) is 0 Å². The van der Waals surface area contributed by atoms with Gasteiger partial charge in [-0.25, -0.2) is 0 Å². The topological polar surface area (TPSA) is 54.5 Å². The first kappa shape index (κ1) is 13.2. The van der Waals surface area contributed by atoms with Gasteiger partial charge in [-0.05, 0) is 13.3 Å². The molecule has 0 aliphatic carbocycles. The van der Waals surface area contributed by atoms with Gasteiger partial charge in [-0.2, -0.15) is 0 Å². The van der Waals surface area contributed by atoms with Crippen LogP contribution in [0, 0.1) is 0 Å². The summed E-state index contributed by atoms with van der Waals surface area (Å²) in [5.74, 6) is 0.132. The van der Waals surface area contributed by atoms with Crippen LogP contribution < -0.4 is 0 Å². The predicted molar refractivity (Wildman–Crippen MR) is 63.2 cm³/mol. The number of carbonyl (C=O) groups excluding carboxylic acids is 3. The maximum absolute atomic E-state index is 11.8. The molecule has 0 aromatic heterocycles. The highest BCUT2D eigenvalue weighted by molar-refractivity contribution is 8.01. The predicted octanol–water partition coefficient (Wildman–Crippen LogP) is 1.24. The number of Topliss-reactive ketones (excluding diaryl/α,β-unsaturated/α-hetero) is 1. The molecule has 1 unspecified atom stereocenters. The Bertz CT molecular complexity index is 304. The Labute approximate surface area is 99.8 Å². The molecule has 0 spiro atoms. The quantitative estimate of drug-likeness (QED) is 0.659. The summed E-state index contributed by atoms with van der Waals surface area (Å²) in [6.45, 7) is 4.03. The number of hydrogen-bond donors (Lipinski definition) is 0. The molecule has 1 aliphatic heterocycles. The van der Waals surface area contributed by atoms with Crippen molar-refractivity contribution in [3.05, 3.63) is 0 Å². The number of likely N-dealkylation sites (tertiary alicyclic amines) is 1. The maximum atomic E-state index is 11.8. The van der Waals surface area contributed by atoms with Crippen LogP contribution in [0.1, 0.15) is 33.1 Å². The molecule has 16 heavy (non-hydrogen) atoms. The van der Waals surface area contributed by atoms with Gasteiger partial charge in [0.25, 0.3) is 0 Å². The van der Waals surface area contributed by atoms with Crippen molar-refractivity contribution in [2.45, 2.75) is 38.4 Å². The van der Waals surface area contributed by atoms with Crippen LogP contribution >= 0.6 is 11.8 Å². The van der Waals surface area contributed by atoms with Gasteiger partial charge in [-0.15, -0.1) is 11.8 Å². The van der Waals surface area contributed by atoms with E-state index >= 15 is 0 Å². The minimum Gasteiger partial charge on any atom is -0.299 e. The van der Waals surface area contributed by atoms with Gasteiger partial charge in [-0.3, -0.25) is 19.3 Å². The van der Waals surface area contributed by atoms with Gasteiger partial charge in [0.15, 0.2) is 0 Å². The number of amides is 2. The lowest BCUT2D eigenvalue weighted by molar-refractivity contribution is -0.138. The van der Waals surface area contributed by atoms with E-state index in [4.69, 9.17) is 0 Å². The van der Waals surface area contributed by atoms with Crippen molar-refractivity contribution in [3.8, 4) is 0 Å². The molecule has 1 heterocycles. The van der Waals surface area contributed by atoms with E-state index < -0.39 is 0 Å². The highest BCUT2D eigenvalue weighted by Crippen LogP contribution is 2.25. The van der Waals surface area contributed by atoms with Crippen molar-refractivity contribution < 1.29 is 14.4 Å². The van der Waals surface area contributed by atoms with Crippen LogP contribution in [-0.4, -0.2) is 40.0 Å². The molecule has 0 saturated carbocycles. The molecule has 1 rings (SSSR count). The number of imide groups is 1. The van der Waals surface area contributed by atoms with Gasteiger partial charge in [-0.1, -0.05) is 13.3 Å². The molecule has 1 atom stereocenters. The molecule has 2 amide bonds. The summed E-state index contributed by atoms with van der Waals surface area (Å²) >= 11 is 1.28. The number of carbonyl (C=O) groups is 3. The zero-order chi connectivity index (χ0) is 12.1. The fourth-order valence-electron chi connectivity index (χ4n) is 1.55. The van der Waals surface area contributed by atoms with E-state index in [1.165, 1.54) is 23.6 Å². The second-order valence-corrected chi connectivity index (χ2v) is 5.13. The number of nitrogens with zero attached hydrogens (tertiary/aromatic N) is 1. The number of unbranched alkanes of at least 4 members (excludes halogenated alkanes) is 1. The van der Waals surface area contributed by atoms with Gasteiger partial charge in [0, 0.05) is 13.0 Å². The first-order valence-corrected chi connectivity index (χ1v) is 6.56. The largest absolute Gasteiger partial charge is 0.299 e. The second kappa shape index (κ2) is 6.03. The standard InChI is InChI=1S/C11H17NO3S/c1-3-4-5-12-10(14)6-9(11(12)15)16-7-8(2)13/h9H,3-7H2,1-2H3. The van der Waals surface area contributed by atoms with Gasteiger partial charge < -0.3 is 0 Å². The van der Waals surface area contributed by atoms with E-state index in [0.29, 0.717) is 12.3 Å². The molecule has 1 aliphatic rings. The SMILES string of the molecule is CCCCN1C(=O)CC(SCC(C)=O)C1=O. The minimum atomic E-state index is -0.340. The van der Waals surface area contributed by atoms with E-state index in [9.17, 15) is 14.4 Å². The van der Waals surface area contributed by atoms with Gasteiger partial charge in [0.05, 0.1) is 11.0 Å². The number of hydrogen-bond acceptors (Lipinski definition) is 4. The van der Waals surface area contributed by atoms with Gasteiger partial charge in [0.2, 0.25) is 11.8 Å². The Morgan fingerprint density at radius 2 is 2.19 bits per heavy atom. The maximum Gasteiger partial charge on any atom is 0.242 e. The zero-order valence-corrected chi connectivity index (χ0v) is 10.5. The van der Waals surface area contributed by atoms with Crippen molar-refractivity contribution in [3.63, 3.8) is 0 Å². The highest BCUT2D eigenvalue weighted by Gasteiger charge is 2.38. The Balaban J connectivity index is 2.49. The molecule has 4 nitrogen and oxygen atoms in total. The molecule has 0 bridgehead atoms. The van der Waals surface area contributed by atoms with E-state index in [1.54, 1.807) is 0 Å². The lowest BCUT2D eigenvalue weighted by atomic mass is 10.3. The van der Waals surface area contributed by atoms with E-state index in [-0.39, 0.29) is 29.3 Å². The third-order valence-corrected chi connectivity index (χ3v) is 3.77. The Morgan fingerprint density at radius 1 is 1.50 bits per heavy atom. The third-order valence-electron chi connectivity index (χ3n) is 2.43. The number of thioether (sulfide) groups is 1. The van der Waals surface area contributed by atoms with E-state index in [0.717, 1.165) is 12.8 Å². The van der Waals surface area contributed by atoms with E-state index in [2.05, 4.69) is 0 Å². The lowest BCUT2D eigenvalue weighted by Gasteiger charge is -2.13. The van der Waals surface area contributed by atoms with Crippen LogP contribution in [0.25, 0.3) is 0 Å². The summed E-state index contributed by atoms with van der Waals surface area (Å²) in [7, 11) is 0. The Kier molecular flexibility index (Phi) is 4.99. The fraction of sp³-hybridized carbons (Fsp3) is 0.727. The van der Waals surface area contributed by atoms with Crippen LogP contribution in [0.5, 0.6) is 0 Å². The molecular formula is C11H17NO3S. The lowest BCUT2D eigenvalue weighted by Crippen LogP contribution is -2.32. The molecule has 0 aromatic carbocycles. The minimum absolute atomic E-state index is 0.0391. The van der Waals surface area contributed by atoms with Crippen molar-refractivity contribution in [2.24, 2.45) is 0 Å². The summed E-state index contributed by atoms with van der Waals surface area (Å²) in [4.78, 5) is 35.5. The van der Waals surface area contributed by atoms with Crippen molar-refractivity contribution >= 4 is 29.4 Å². The number of rotatable bonds is 6. The number of ketones is 1. The van der Waals surface area contributed by atoms with Crippen LogP contribution in [0.3, 0.4) is 0 Å². The normalized spacial score (nSPS) is 20.6. The molecule has 1 saturated heterocycles. The molecule has 0 aromatic rings. The summed E-state index contributed by atoms with van der Waals surface area (Å²) in [5, 5.41) is -0.340. The zero-order valence-electron chi connectivity index (χ0n) is 9.69. The summed E-state index contributed by atoms with van der Waals surface area (Å²) in [5.41, 5.74) is 0. The second-order valence-electron chi connectivity index (χ2n) is 3.94. The molecule has 1 fully saturated rings. The molecule has 5 heteroatoms. The van der Waals surface area contributed by atoms with E-state index in [1.807, 2.05) is 6.92 Å². The van der Waals surface area contributed by atoms with Gasteiger partial charge in [0.1, 0.15) is 5.78 Å². The summed E-state index contributed by atoms with van der Waals surface area (Å²) in [6, 6.07) is 0. The Morgan fingerprint density at radius 3 is 2.75 bits per heavy atom. The molecular weight excluding hydrogens is 226 g/mol. The molecule has 90 valence electrons. The Hall–Kier alpha value is -0.840. The third kappa shape index (κ3) is 3.33. The highest BCUT2D eigenvalue weighted by atomic mass is 32.2. The average molecular weight is 243 g/mol. The van der Waals surface area contributed by atoms with Crippen molar-refractivity contribution in [2.75, 3.05) is 12.3 Å². The van der Waals surface area contributed by atoms with Crippen LogP contribution in [-0.2, 0) is 14.4 Å². The summed E-state index contributed by atoms with van der Waals surface area (Å²) < 4.78 is 0. The van der Waals surface area contributed by atoms with Crippen molar-refractivity contribution in [1.29, 1.82) is 0 Å².